The third-order valence-electron chi connectivity index (χ3n) is 4.04. The summed E-state index contributed by atoms with van der Waals surface area (Å²) in [4.78, 5) is 2.27. The Morgan fingerprint density at radius 3 is 1.80 bits per heavy atom. The van der Waals surface area contributed by atoms with Crippen LogP contribution in [0, 0.1) is 5.92 Å². The Hall–Kier alpha value is -0.0800. The molecule has 1 aliphatic rings. The van der Waals surface area contributed by atoms with Crippen LogP contribution in [0.4, 0.5) is 0 Å². The van der Waals surface area contributed by atoms with E-state index in [-0.39, 0.29) is 11.6 Å². The van der Waals surface area contributed by atoms with Gasteiger partial charge in [0, 0.05) is 5.54 Å². The van der Waals surface area contributed by atoms with Crippen molar-refractivity contribution in [3.05, 3.63) is 0 Å². The molecule has 0 aromatic carbocycles. The molecule has 15 heavy (non-hydrogen) atoms. The summed E-state index contributed by atoms with van der Waals surface area (Å²) in [7, 11) is 4.24. The molecule has 0 aliphatic heterocycles. The summed E-state index contributed by atoms with van der Waals surface area (Å²) in [5, 5.41) is 10.5. The number of aliphatic hydroxyl groups excluding tert-OH is 1. The minimum Gasteiger partial charge on any atom is -0.391 e. The standard InChI is InChI=1S/C13H27NO/c1-11(2)12(15)13(14(3)4)9-7-5-6-8-10-13/h11-12,15H,5-10H2,1-4H3. The smallest absolute Gasteiger partial charge is 0.0746 e. The van der Waals surface area contributed by atoms with Gasteiger partial charge in [-0.25, -0.2) is 0 Å². The van der Waals surface area contributed by atoms with Crippen molar-refractivity contribution in [1.82, 2.24) is 4.90 Å². The summed E-state index contributed by atoms with van der Waals surface area (Å²) in [6.07, 6.45) is 7.31. The second-order valence-corrected chi connectivity index (χ2v) is 5.60. The SMILES string of the molecule is CC(C)C(O)C1(N(C)C)CCCCCC1. The normalized spacial score (nSPS) is 24.2. The lowest BCUT2D eigenvalue weighted by molar-refractivity contribution is -0.0429. The molecule has 1 atom stereocenters. The van der Waals surface area contributed by atoms with E-state index >= 15 is 0 Å². The van der Waals surface area contributed by atoms with Gasteiger partial charge in [-0.15, -0.1) is 0 Å². The van der Waals surface area contributed by atoms with Gasteiger partial charge in [-0.2, -0.15) is 0 Å². The number of hydrogen-bond acceptors (Lipinski definition) is 2. The maximum Gasteiger partial charge on any atom is 0.0746 e. The molecule has 90 valence electrons. The van der Waals surface area contributed by atoms with Crippen molar-refractivity contribution in [3.8, 4) is 0 Å². The molecule has 0 heterocycles. The fourth-order valence-electron chi connectivity index (χ4n) is 2.97. The molecule has 1 fully saturated rings. The van der Waals surface area contributed by atoms with Crippen molar-refractivity contribution < 1.29 is 5.11 Å². The first kappa shape index (κ1) is 13.0. The molecule has 0 aromatic heterocycles. The molecule has 0 saturated heterocycles. The number of nitrogens with zero attached hydrogens (tertiary/aromatic N) is 1. The maximum atomic E-state index is 10.5. The minimum absolute atomic E-state index is 0.0324. The zero-order valence-corrected chi connectivity index (χ0v) is 10.8. The molecule has 0 bridgehead atoms. The largest absolute Gasteiger partial charge is 0.391 e. The third-order valence-corrected chi connectivity index (χ3v) is 4.04. The van der Waals surface area contributed by atoms with Crippen LogP contribution in [-0.2, 0) is 0 Å². The van der Waals surface area contributed by atoms with Gasteiger partial charge in [0.25, 0.3) is 0 Å². The van der Waals surface area contributed by atoms with E-state index in [0.717, 1.165) is 12.8 Å². The van der Waals surface area contributed by atoms with Gasteiger partial charge in [-0.3, -0.25) is 0 Å². The molecular weight excluding hydrogens is 186 g/mol. The van der Waals surface area contributed by atoms with Crippen LogP contribution in [-0.4, -0.2) is 35.7 Å². The highest BCUT2D eigenvalue weighted by Crippen LogP contribution is 2.36. The van der Waals surface area contributed by atoms with Gasteiger partial charge < -0.3 is 10.0 Å². The van der Waals surface area contributed by atoms with E-state index in [1.807, 2.05) is 0 Å². The molecule has 0 radical (unpaired) electrons. The Labute approximate surface area is 94.7 Å². The quantitative estimate of drug-likeness (QED) is 0.729. The first-order valence-electron chi connectivity index (χ1n) is 6.36. The topological polar surface area (TPSA) is 23.5 Å². The van der Waals surface area contributed by atoms with Gasteiger partial charge in [0.1, 0.15) is 0 Å². The van der Waals surface area contributed by atoms with E-state index in [9.17, 15) is 5.11 Å². The van der Waals surface area contributed by atoms with Gasteiger partial charge >= 0.3 is 0 Å². The molecule has 1 aliphatic carbocycles. The molecular formula is C13H27NO. The van der Waals surface area contributed by atoms with E-state index < -0.39 is 0 Å². The molecule has 1 rings (SSSR count). The molecule has 0 aromatic rings. The summed E-state index contributed by atoms with van der Waals surface area (Å²) < 4.78 is 0. The highest BCUT2D eigenvalue weighted by Gasteiger charge is 2.41. The number of rotatable bonds is 3. The molecule has 1 saturated carbocycles. The summed E-state index contributed by atoms with van der Waals surface area (Å²) in [6, 6.07) is 0. The van der Waals surface area contributed by atoms with Gasteiger partial charge in [-0.1, -0.05) is 39.5 Å². The molecule has 2 nitrogen and oxygen atoms in total. The summed E-state index contributed by atoms with van der Waals surface area (Å²) in [5.41, 5.74) is 0.0324. The highest BCUT2D eigenvalue weighted by atomic mass is 16.3. The zero-order chi connectivity index (χ0) is 11.5. The Kier molecular flexibility index (Phi) is 4.60. The van der Waals surface area contributed by atoms with E-state index in [4.69, 9.17) is 0 Å². The Morgan fingerprint density at radius 2 is 1.47 bits per heavy atom. The van der Waals surface area contributed by atoms with E-state index in [2.05, 4.69) is 32.8 Å². The third kappa shape index (κ3) is 2.73. The average Bonchev–Trinajstić information content (AvgIpc) is 2.42. The summed E-state index contributed by atoms with van der Waals surface area (Å²) in [6.45, 7) is 4.25. The number of likely N-dealkylation sites (N-methyl/N-ethyl adjacent to an activating group) is 1. The van der Waals surface area contributed by atoms with Crippen LogP contribution < -0.4 is 0 Å². The summed E-state index contributed by atoms with van der Waals surface area (Å²) >= 11 is 0. The monoisotopic (exact) mass is 213 g/mol. The molecule has 1 N–H and O–H groups in total. The van der Waals surface area contributed by atoms with Crippen molar-refractivity contribution >= 4 is 0 Å². The lowest BCUT2D eigenvalue weighted by Crippen LogP contribution is -2.55. The number of hydrogen-bond donors (Lipinski definition) is 1. The first-order chi connectivity index (χ1) is 7.00. The number of aliphatic hydroxyl groups is 1. The van der Waals surface area contributed by atoms with Crippen LogP contribution in [0.25, 0.3) is 0 Å². The minimum atomic E-state index is -0.189. The van der Waals surface area contributed by atoms with Gasteiger partial charge in [-0.05, 0) is 32.9 Å². The molecule has 0 amide bonds. The van der Waals surface area contributed by atoms with Crippen molar-refractivity contribution in [2.75, 3.05) is 14.1 Å². The lowest BCUT2D eigenvalue weighted by atomic mass is 9.78. The van der Waals surface area contributed by atoms with Crippen molar-refractivity contribution in [2.45, 2.75) is 64.0 Å². The summed E-state index contributed by atoms with van der Waals surface area (Å²) in [5.74, 6) is 0.352. The van der Waals surface area contributed by atoms with Gasteiger partial charge in [0.2, 0.25) is 0 Å². The first-order valence-corrected chi connectivity index (χ1v) is 6.36. The van der Waals surface area contributed by atoms with Crippen molar-refractivity contribution in [1.29, 1.82) is 0 Å². The van der Waals surface area contributed by atoms with E-state index in [0.29, 0.717) is 5.92 Å². The van der Waals surface area contributed by atoms with Crippen LogP contribution in [0.1, 0.15) is 52.4 Å². The van der Waals surface area contributed by atoms with Crippen LogP contribution in [0.15, 0.2) is 0 Å². The van der Waals surface area contributed by atoms with Crippen molar-refractivity contribution in [3.63, 3.8) is 0 Å². The Bertz CT molecular complexity index is 181. The zero-order valence-electron chi connectivity index (χ0n) is 10.8. The molecule has 1 unspecified atom stereocenters. The average molecular weight is 213 g/mol. The van der Waals surface area contributed by atoms with Crippen LogP contribution >= 0.6 is 0 Å². The Balaban J connectivity index is 2.84. The highest BCUT2D eigenvalue weighted by molar-refractivity contribution is 4.96. The fourth-order valence-corrected chi connectivity index (χ4v) is 2.97. The van der Waals surface area contributed by atoms with Crippen LogP contribution in [0.5, 0.6) is 0 Å². The fraction of sp³-hybridized carbons (Fsp3) is 1.00. The van der Waals surface area contributed by atoms with Crippen LogP contribution in [0.3, 0.4) is 0 Å². The maximum absolute atomic E-state index is 10.5. The van der Waals surface area contributed by atoms with Crippen LogP contribution in [0.2, 0.25) is 0 Å². The van der Waals surface area contributed by atoms with Gasteiger partial charge in [0.15, 0.2) is 0 Å². The predicted octanol–water partition coefficient (Wildman–Crippen LogP) is 2.66. The second-order valence-electron chi connectivity index (χ2n) is 5.60. The molecule has 2 heteroatoms. The molecule has 0 spiro atoms. The van der Waals surface area contributed by atoms with E-state index in [1.165, 1.54) is 25.7 Å². The van der Waals surface area contributed by atoms with E-state index in [1.54, 1.807) is 0 Å². The Morgan fingerprint density at radius 1 is 1.00 bits per heavy atom. The lowest BCUT2D eigenvalue weighted by Gasteiger charge is -2.45. The van der Waals surface area contributed by atoms with Gasteiger partial charge in [0.05, 0.1) is 6.10 Å². The predicted molar refractivity (Wildman–Crippen MR) is 65.0 cm³/mol. The van der Waals surface area contributed by atoms with Crippen molar-refractivity contribution in [2.24, 2.45) is 5.92 Å². The second kappa shape index (κ2) is 5.31.